The van der Waals surface area contributed by atoms with Crippen molar-refractivity contribution < 1.29 is 21.8 Å². The highest BCUT2D eigenvalue weighted by molar-refractivity contribution is 6.01. The topological polar surface area (TPSA) is 52.6 Å². The van der Waals surface area contributed by atoms with Gasteiger partial charge in [-0.2, -0.15) is 0 Å². The van der Waals surface area contributed by atoms with E-state index in [4.69, 9.17) is 2.74 Å². The molecule has 4 nitrogen and oxygen atoms in total. The molecule has 0 saturated heterocycles. The van der Waals surface area contributed by atoms with Gasteiger partial charge < -0.3 is 9.47 Å². The Morgan fingerprint density at radius 2 is 2.13 bits per heavy atom. The zero-order valence-electron chi connectivity index (χ0n) is 10.9. The first kappa shape index (κ1) is 8.95. The van der Waals surface area contributed by atoms with E-state index < -0.39 is 17.4 Å². The molecule has 1 atom stereocenters. The zero-order valence-corrected chi connectivity index (χ0v) is 8.91. The first-order valence-electron chi connectivity index (χ1n) is 5.87. The van der Waals surface area contributed by atoms with Crippen molar-refractivity contribution in [2.24, 2.45) is 11.3 Å². The molecular weight excluding hydrogens is 196 g/mol. The fourth-order valence-corrected chi connectivity index (χ4v) is 1.90. The lowest BCUT2D eigenvalue weighted by atomic mass is 9.85. The normalized spacial score (nSPS) is 28.1. The fraction of sp³-hybridized carbons (Fsp3) is 0.636. The Balaban J connectivity index is 3.12. The van der Waals surface area contributed by atoms with E-state index >= 15 is 0 Å². The van der Waals surface area contributed by atoms with Crippen LogP contribution in [0, 0.1) is 11.3 Å². The van der Waals surface area contributed by atoms with Gasteiger partial charge in [-0.05, 0) is 18.8 Å². The van der Waals surface area contributed by atoms with Crippen LogP contribution in [0.4, 0.5) is 0 Å². The average molecular weight is 214 g/mol. The van der Waals surface area contributed by atoms with Crippen LogP contribution in [0.25, 0.3) is 0 Å². The molecule has 1 rings (SSSR count). The maximum Gasteiger partial charge on any atom is 0.323 e. The number of esters is 2. The van der Waals surface area contributed by atoms with Crippen molar-refractivity contribution in [3.8, 4) is 0 Å². The zero-order chi connectivity index (χ0) is 13.1. The van der Waals surface area contributed by atoms with E-state index in [-0.39, 0.29) is 25.7 Å². The van der Waals surface area contributed by atoms with Gasteiger partial charge in [0.2, 0.25) is 0 Å². The molecule has 1 fully saturated rings. The third kappa shape index (κ3) is 1.76. The van der Waals surface area contributed by atoms with Crippen LogP contribution in [0.1, 0.15) is 22.5 Å². The van der Waals surface area contributed by atoms with Crippen molar-refractivity contribution in [3.63, 3.8) is 0 Å². The van der Waals surface area contributed by atoms with Crippen LogP contribution < -0.4 is 0 Å². The molecular formula is C11H16O4. The number of ether oxygens (including phenoxy) is 2. The van der Waals surface area contributed by atoms with Crippen LogP contribution in [-0.2, 0) is 19.1 Å². The number of hydrogen-bond donors (Lipinski definition) is 0. The molecule has 0 aliphatic heterocycles. The van der Waals surface area contributed by atoms with Crippen LogP contribution in [0.5, 0.6) is 0 Å². The lowest BCUT2D eigenvalue weighted by Crippen LogP contribution is -2.39. The number of methoxy groups -OCH3 is 2. The summed E-state index contributed by atoms with van der Waals surface area (Å²) in [6, 6.07) is 0. The summed E-state index contributed by atoms with van der Waals surface area (Å²) in [6.07, 6.45) is 0.292. The Bertz CT molecular complexity index is 335. The Hall–Kier alpha value is -1.32. The van der Waals surface area contributed by atoms with Gasteiger partial charge in [-0.15, -0.1) is 0 Å². The summed E-state index contributed by atoms with van der Waals surface area (Å²) in [6.45, 7) is 1.16. The average Bonchev–Trinajstić information content (AvgIpc) is 2.76. The highest BCUT2D eigenvalue weighted by Gasteiger charge is 2.53. The van der Waals surface area contributed by atoms with Gasteiger partial charge in [0.05, 0.1) is 15.6 Å². The van der Waals surface area contributed by atoms with Crippen molar-refractivity contribution >= 4 is 11.9 Å². The summed E-state index contributed by atoms with van der Waals surface area (Å²) in [7, 11) is 2.43. The monoisotopic (exact) mass is 214 g/mol. The molecule has 1 aliphatic rings. The molecule has 1 unspecified atom stereocenters. The van der Waals surface area contributed by atoms with E-state index in [1.54, 1.807) is 0 Å². The molecule has 0 aromatic heterocycles. The summed E-state index contributed by atoms with van der Waals surface area (Å²) in [5, 5.41) is 0. The quantitative estimate of drug-likeness (QED) is 0.395. The molecule has 0 heterocycles. The number of allylic oxidation sites excluding steroid dienone is 1. The molecule has 0 bridgehead atoms. The largest absolute Gasteiger partial charge is 0.468 e. The minimum absolute atomic E-state index is 0.0421. The fourth-order valence-electron chi connectivity index (χ4n) is 1.90. The molecule has 4 heteroatoms. The van der Waals surface area contributed by atoms with E-state index in [0.717, 1.165) is 6.55 Å². The van der Waals surface area contributed by atoms with Crippen molar-refractivity contribution in [2.45, 2.75) is 19.7 Å². The van der Waals surface area contributed by atoms with Crippen LogP contribution in [0.3, 0.4) is 0 Å². The first-order chi connectivity index (χ1) is 8.05. The van der Waals surface area contributed by atoms with Crippen molar-refractivity contribution in [3.05, 3.63) is 12.1 Å². The van der Waals surface area contributed by atoms with E-state index in [0.29, 0.717) is 5.57 Å². The SMILES string of the molecule is [2H]C=C1CC(C(=O)OC)(C(=O)OC)CC1C[2H]. The van der Waals surface area contributed by atoms with Crippen LogP contribution in [0.15, 0.2) is 12.1 Å². The number of carbonyl (C=O) groups excluding carboxylic acids is 2. The number of carbonyl (C=O) groups is 2. The maximum absolute atomic E-state index is 11.8. The summed E-state index contributed by atoms with van der Waals surface area (Å²) >= 11 is 0. The second kappa shape index (κ2) is 4.04. The second-order valence-electron chi connectivity index (χ2n) is 3.72. The second-order valence-corrected chi connectivity index (χ2v) is 3.72. The molecule has 0 N–H and O–H groups in total. The van der Waals surface area contributed by atoms with Crippen LogP contribution in [0.2, 0.25) is 0 Å². The first-order valence-corrected chi connectivity index (χ1v) is 4.59. The predicted molar refractivity (Wildman–Crippen MR) is 54.0 cm³/mol. The highest BCUT2D eigenvalue weighted by atomic mass is 16.5. The third-order valence-electron chi connectivity index (χ3n) is 2.78. The lowest BCUT2D eigenvalue weighted by molar-refractivity contribution is -0.168. The Labute approximate surface area is 92.1 Å². The van der Waals surface area contributed by atoms with Gasteiger partial charge in [-0.25, -0.2) is 0 Å². The van der Waals surface area contributed by atoms with E-state index in [1.807, 2.05) is 0 Å². The summed E-state index contributed by atoms with van der Waals surface area (Å²) in [4.78, 5) is 23.6. The van der Waals surface area contributed by atoms with E-state index in [1.165, 1.54) is 14.2 Å². The van der Waals surface area contributed by atoms with Gasteiger partial charge in [0.25, 0.3) is 0 Å². The van der Waals surface area contributed by atoms with Gasteiger partial charge in [0.15, 0.2) is 5.41 Å². The molecule has 0 spiro atoms. The summed E-state index contributed by atoms with van der Waals surface area (Å²) < 4.78 is 23.9. The molecule has 0 amide bonds. The minimum atomic E-state index is -1.37. The van der Waals surface area contributed by atoms with E-state index in [2.05, 4.69) is 9.47 Å². The molecule has 0 aromatic carbocycles. The van der Waals surface area contributed by atoms with Gasteiger partial charge in [-0.3, -0.25) is 9.59 Å². The summed E-state index contributed by atoms with van der Waals surface area (Å²) in [5.74, 6) is -1.56. The van der Waals surface area contributed by atoms with Gasteiger partial charge in [0, 0.05) is 1.37 Å². The van der Waals surface area contributed by atoms with Crippen molar-refractivity contribution in [1.29, 1.82) is 0 Å². The highest BCUT2D eigenvalue weighted by Crippen LogP contribution is 2.46. The molecule has 84 valence electrons. The van der Waals surface area contributed by atoms with Gasteiger partial charge in [-0.1, -0.05) is 19.0 Å². The summed E-state index contributed by atoms with van der Waals surface area (Å²) in [5.41, 5.74) is -0.752. The molecule has 0 aromatic rings. The standard InChI is InChI=1S/C11H16O4/c1-7-5-11(6-8(7)2,9(12)14-3)10(13)15-4/h8H,1,5-6H2,2-4H3/i1D,2D. The Morgan fingerprint density at radius 1 is 1.53 bits per heavy atom. The Kier molecular flexibility index (Phi) is 2.41. The molecule has 1 saturated carbocycles. The minimum Gasteiger partial charge on any atom is -0.468 e. The van der Waals surface area contributed by atoms with Crippen molar-refractivity contribution in [1.82, 2.24) is 0 Å². The smallest absolute Gasteiger partial charge is 0.323 e. The van der Waals surface area contributed by atoms with E-state index in [9.17, 15) is 9.59 Å². The number of hydrogen-bond acceptors (Lipinski definition) is 4. The van der Waals surface area contributed by atoms with Gasteiger partial charge in [0.1, 0.15) is 0 Å². The maximum atomic E-state index is 11.8. The van der Waals surface area contributed by atoms with Crippen molar-refractivity contribution in [2.75, 3.05) is 14.2 Å². The van der Waals surface area contributed by atoms with Gasteiger partial charge >= 0.3 is 11.9 Å². The van der Waals surface area contributed by atoms with Crippen LogP contribution >= 0.6 is 0 Å². The Morgan fingerprint density at radius 3 is 2.47 bits per heavy atom. The number of rotatable bonds is 2. The molecule has 0 radical (unpaired) electrons. The molecule has 1 aliphatic carbocycles. The van der Waals surface area contributed by atoms with Crippen LogP contribution in [-0.4, -0.2) is 26.2 Å². The predicted octanol–water partition coefficient (Wildman–Crippen LogP) is 1.30. The third-order valence-corrected chi connectivity index (χ3v) is 2.78. The lowest BCUT2D eigenvalue weighted by Gasteiger charge is -2.22. The molecule has 15 heavy (non-hydrogen) atoms.